The predicted molar refractivity (Wildman–Crippen MR) is 44.0 cm³/mol. The van der Waals surface area contributed by atoms with Crippen molar-refractivity contribution in [1.82, 2.24) is 14.6 Å². The van der Waals surface area contributed by atoms with E-state index in [0.29, 0.717) is 0 Å². The molecule has 2 N–H and O–H groups in total. The van der Waals surface area contributed by atoms with E-state index in [1.54, 1.807) is 0 Å². The van der Waals surface area contributed by atoms with Gasteiger partial charge in [0.05, 0.1) is 13.3 Å². The van der Waals surface area contributed by atoms with E-state index in [4.69, 9.17) is 4.74 Å². The lowest BCUT2D eigenvalue weighted by molar-refractivity contribution is 0.380. The number of aromatic amines is 1. The number of rotatable bonds is 1. The van der Waals surface area contributed by atoms with Crippen molar-refractivity contribution in [3.63, 3.8) is 0 Å². The van der Waals surface area contributed by atoms with Crippen molar-refractivity contribution in [2.45, 2.75) is 0 Å². The molecule has 0 bridgehead atoms. The topological polar surface area (TPSA) is 79.6 Å². The molecule has 0 amide bonds. The molecule has 13 heavy (non-hydrogen) atoms. The van der Waals surface area contributed by atoms with E-state index in [2.05, 4.69) is 10.1 Å². The summed E-state index contributed by atoms with van der Waals surface area (Å²) in [7, 11) is 1.38. The zero-order valence-electron chi connectivity index (χ0n) is 6.81. The minimum atomic E-state index is -0.354. The van der Waals surface area contributed by atoms with Crippen LogP contribution in [0.5, 0.6) is 11.5 Å². The average molecular weight is 181 g/mol. The van der Waals surface area contributed by atoms with Gasteiger partial charge < -0.3 is 14.8 Å². The maximum absolute atomic E-state index is 11.3. The fraction of sp³-hybridized carbons (Fsp3) is 0.143. The number of aromatic nitrogens is 3. The largest absolute Gasteiger partial charge is 0.503 e. The molecule has 2 aromatic rings. The molecule has 0 aliphatic carbocycles. The molecule has 0 aliphatic heterocycles. The SMILES string of the molecule is COc1c(O)cn2nc[nH]c(=O)c12. The van der Waals surface area contributed by atoms with E-state index in [9.17, 15) is 9.90 Å². The molecule has 0 fully saturated rings. The van der Waals surface area contributed by atoms with Crippen LogP contribution in [0.1, 0.15) is 0 Å². The first-order chi connectivity index (χ1) is 6.24. The van der Waals surface area contributed by atoms with Crippen molar-refractivity contribution < 1.29 is 9.84 Å². The number of nitrogens with zero attached hydrogens (tertiary/aromatic N) is 2. The molecule has 6 heteroatoms. The van der Waals surface area contributed by atoms with Crippen molar-refractivity contribution in [2.75, 3.05) is 7.11 Å². The van der Waals surface area contributed by atoms with Crippen LogP contribution in [0.25, 0.3) is 5.52 Å². The molecule has 0 aromatic carbocycles. The monoisotopic (exact) mass is 181 g/mol. The molecular weight excluding hydrogens is 174 g/mol. The van der Waals surface area contributed by atoms with Crippen molar-refractivity contribution in [1.29, 1.82) is 0 Å². The molecule has 2 aromatic heterocycles. The molecule has 68 valence electrons. The van der Waals surface area contributed by atoms with Crippen LogP contribution in [0, 0.1) is 0 Å². The smallest absolute Gasteiger partial charge is 0.279 e. The molecule has 0 atom stereocenters. The van der Waals surface area contributed by atoms with Crippen LogP contribution in [-0.4, -0.2) is 26.8 Å². The highest BCUT2D eigenvalue weighted by atomic mass is 16.5. The fourth-order valence-electron chi connectivity index (χ4n) is 1.18. The number of nitrogens with one attached hydrogen (secondary N) is 1. The third-order valence-electron chi connectivity index (χ3n) is 1.72. The van der Waals surface area contributed by atoms with Gasteiger partial charge in [0.1, 0.15) is 6.33 Å². The van der Waals surface area contributed by atoms with Crippen LogP contribution in [0.4, 0.5) is 0 Å². The first-order valence-electron chi connectivity index (χ1n) is 3.56. The molecular formula is C7H7N3O3. The van der Waals surface area contributed by atoms with E-state index in [1.165, 1.54) is 24.1 Å². The Labute approximate surface area is 72.4 Å². The van der Waals surface area contributed by atoms with E-state index < -0.39 is 0 Å². The molecule has 6 nitrogen and oxygen atoms in total. The van der Waals surface area contributed by atoms with Gasteiger partial charge in [0, 0.05) is 0 Å². The molecule has 0 aliphatic rings. The van der Waals surface area contributed by atoms with Gasteiger partial charge in [0.2, 0.25) is 0 Å². The van der Waals surface area contributed by atoms with Crippen LogP contribution in [0.2, 0.25) is 0 Å². The number of hydrogen-bond acceptors (Lipinski definition) is 4. The minimum Gasteiger partial charge on any atom is -0.503 e. The molecule has 0 spiro atoms. The standard InChI is InChI=1S/C7H7N3O3/c1-13-6-4(11)2-10-5(6)7(12)8-3-9-10/h2-3,11H,1H3,(H,8,9,12). The Hall–Kier alpha value is -1.98. The summed E-state index contributed by atoms with van der Waals surface area (Å²) < 4.78 is 6.11. The second-order valence-electron chi connectivity index (χ2n) is 2.46. The summed E-state index contributed by atoms with van der Waals surface area (Å²) in [6, 6.07) is 0. The Morgan fingerprint density at radius 2 is 2.46 bits per heavy atom. The zero-order valence-corrected chi connectivity index (χ0v) is 6.81. The molecule has 0 radical (unpaired) electrons. The van der Waals surface area contributed by atoms with Gasteiger partial charge in [-0.1, -0.05) is 0 Å². The zero-order chi connectivity index (χ0) is 9.42. The van der Waals surface area contributed by atoms with Crippen molar-refractivity contribution in [3.05, 3.63) is 22.9 Å². The third-order valence-corrected chi connectivity index (χ3v) is 1.72. The molecule has 0 saturated heterocycles. The van der Waals surface area contributed by atoms with Crippen molar-refractivity contribution >= 4 is 5.52 Å². The van der Waals surface area contributed by atoms with Crippen LogP contribution in [0.3, 0.4) is 0 Å². The van der Waals surface area contributed by atoms with Crippen LogP contribution >= 0.6 is 0 Å². The first-order valence-corrected chi connectivity index (χ1v) is 3.56. The van der Waals surface area contributed by atoms with Gasteiger partial charge in [-0.05, 0) is 0 Å². The fourth-order valence-corrected chi connectivity index (χ4v) is 1.18. The lowest BCUT2D eigenvalue weighted by Gasteiger charge is -1.95. The Kier molecular flexibility index (Phi) is 1.48. The minimum absolute atomic E-state index is 0.105. The number of hydrogen-bond donors (Lipinski definition) is 2. The van der Waals surface area contributed by atoms with E-state index >= 15 is 0 Å². The first kappa shape index (κ1) is 7.66. The molecule has 0 unspecified atom stereocenters. The summed E-state index contributed by atoms with van der Waals surface area (Å²) >= 11 is 0. The van der Waals surface area contributed by atoms with Gasteiger partial charge in [-0.15, -0.1) is 0 Å². The number of methoxy groups -OCH3 is 1. The second kappa shape index (κ2) is 2.51. The van der Waals surface area contributed by atoms with Gasteiger partial charge in [0.25, 0.3) is 5.56 Å². The Bertz CT molecular complexity index is 499. The Balaban J connectivity index is 2.97. The summed E-state index contributed by atoms with van der Waals surface area (Å²) in [6.45, 7) is 0. The van der Waals surface area contributed by atoms with Gasteiger partial charge in [-0.2, -0.15) is 5.10 Å². The Morgan fingerprint density at radius 3 is 3.15 bits per heavy atom. The van der Waals surface area contributed by atoms with Gasteiger partial charge in [-0.3, -0.25) is 4.79 Å². The number of ether oxygens (including phenoxy) is 1. The summed E-state index contributed by atoms with van der Waals surface area (Å²) in [6.07, 6.45) is 2.55. The van der Waals surface area contributed by atoms with Gasteiger partial charge in [-0.25, -0.2) is 4.52 Å². The van der Waals surface area contributed by atoms with E-state index in [0.717, 1.165) is 0 Å². The summed E-state index contributed by atoms with van der Waals surface area (Å²) in [5.74, 6) is 0.0288. The van der Waals surface area contributed by atoms with Crippen molar-refractivity contribution in [2.24, 2.45) is 0 Å². The van der Waals surface area contributed by atoms with Crippen LogP contribution in [0.15, 0.2) is 17.3 Å². The van der Waals surface area contributed by atoms with E-state index in [-0.39, 0.29) is 22.6 Å². The number of H-pyrrole nitrogens is 1. The normalized spacial score (nSPS) is 10.5. The highest BCUT2D eigenvalue weighted by Crippen LogP contribution is 2.29. The van der Waals surface area contributed by atoms with Gasteiger partial charge in [0.15, 0.2) is 17.0 Å². The number of fused-ring (bicyclic) bond motifs is 1. The lowest BCUT2D eigenvalue weighted by atomic mass is 10.4. The second-order valence-corrected chi connectivity index (χ2v) is 2.46. The van der Waals surface area contributed by atoms with Gasteiger partial charge >= 0.3 is 0 Å². The summed E-state index contributed by atoms with van der Waals surface area (Å²) in [5, 5.41) is 13.1. The molecule has 0 saturated carbocycles. The quantitative estimate of drug-likeness (QED) is 0.635. The molecule has 2 rings (SSSR count). The highest BCUT2D eigenvalue weighted by Gasteiger charge is 2.13. The predicted octanol–water partition coefficient (Wildman–Crippen LogP) is -0.263. The Morgan fingerprint density at radius 1 is 1.69 bits per heavy atom. The number of aromatic hydroxyl groups is 1. The summed E-state index contributed by atoms with van der Waals surface area (Å²) in [4.78, 5) is 13.6. The van der Waals surface area contributed by atoms with Crippen molar-refractivity contribution in [3.8, 4) is 11.5 Å². The van der Waals surface area contributed by atoms with E-state index in [1.807, 2.05) is 0 Å². The third kappa shape index (κ3) is 0.952. The lowest BCUT2D eigenvalue weighted by Crippen LogP contribution is -2.10. The summed E-state index contributed by atoms with van der Waals surface area (Å²) in [5.41, 5.74) is -0.158. The van der Waals surface area contributed by atoms with Crippen LogP contribution in [-0.2, 0) is 0 Å². The highest BCUT2D eigenvalue weighted by molar-refractivity contribution is 5.65. The maximum Gasteiger partial charge on any atom is 0.279 e. The maximum atomic E-state index is 11.3. The average Bonchev–Trinajstić information content (AvgIpc) is 2.42. The molecule has 2 heterocycles. The van der Waals surface area contributed by atoms with Crippen LogP contribution < -0.4 is 10.3 Å².